The fourth-order valence-electron chi connectivity index (χ4n) is 5.44. The van der Waals surface area contributed by atoms with Gasteiger partial charge in [0.2, 0.25) is 5.28 Å². The van der Waals surface area contributed by atoms with Crippen LogP contribution in [0.1, 0.15) is 52.2 Å². The lowest BCUT2D eigenvalue weighted by molar-refractivity contribution is -0.123. The summed E-state index contributed by atoms with van der Waals surface area (Å²) in [6.07, 6.45) is 5.36. The van der Waals surface area contributed by atoms with Crippen molar-refractivity contribution in [2.24, 2.45) is 5.41 Å². The average Bonchev–Trinajstić information content (AvgIpc) is 3.05. The number of hydrogen-bond acceptors (Lipinski definition) is 8. The molecule has 2 aromatic heterocycles. The lowest BCUT2D eigenvalue weighted by atomic mass is 9.95. The summed E-state index contributed by atoms with van der Waals surface area (Å²) >= 11 is 6.20. The second-order valence-electron chi connectivity index (χ2n) is 8.96. The Kier molecular flexibility index (Phi) is 4.19. The van der Waals surface area contributed by atoms with Crippen molar-refractivity contribution in [1.82, 2.24) is 19.5 Å². The molecule has 3 heterocycles. The molecule has 2 saturated carbocycles. The van der Waals surface area contributed by atoms with Gasteiger partial charge in [-0.3, -0.25) is 4.57 Å². The summed E-state index contributed by atoms with van der Waals surface area (Å²) in [6, 6.07) is 0.307. The second kappa shape index (κ2) is 6.24. The zero-order valence-corrected chi connectivity index (χ0v) is 17.2. The van der Waals surface area contributed by atoms with Gasteiger partial charge in [0.15, 0.2) is 23.2 Å². The molecule has 10 heteroatoms. The van der Waals surface area contributed by atoms with Crippen LogP contribution < -0.4 is 5.32 Å². The molecule has 4 atom stereocenters. The van der Waals surface area contributed by atoms with E-state index in [4.69, 9.17) is 16.3 Å². The Morgan fingerprint density at radius 3 is 2.59 bits per heavy atom. The number of nitrogens with one attached hydrogen (secondary N) is 1. The first-order valence-corrected chi connectivity index (χ1v) is 10.5. The molecule has 4 N–H and O–H groups in total. The van der Waals surface area contributed by atoms with Crippen LogP contribution in [0.2, 0.25) is 5.28 Å². The van der Waals surface area contributed by atoms with E-state index in [-0.39, 0.29) is 5.28 Å². The smallest absolute Gasteiger partial charge is 0.226 e. The predicted octanol–water partition coefficient (Wildman–Crippen LogP) is 1.62. The van der Waals surface area contributed by atoms with Crippen LogP contribution in [-0.4, -0.2) is 64.8 Å². The Hall–Kier alpha value is -1.52. The summed E-state index contributed by atoms with van der Waals surface area (Å²) in [4.78, 5) is 13.1. The number of fused-ring (bicyclic) bond motifs is 2. The molecule has 0 unspecified atom stereocenters. The van der Waals surface area contributed by atoms with Gasteiger partial charge in [-0.25, -0.2) is 4.98 Å². The Morgan fingerprint density at radius 2 is 1.93 bits per heavy atom. The molecular weight excluding hydrogens is 398 g/mol. The van der Waals surface area contributed by atoms with Gasteiger partial charge < -0.3 is 25.4 Å². The first-order chi connectivity index (χ1) is 13.8. The van der Waals surface area contributed by atoms with E-state index in [1.165, 1.54) is 25.6 Å². The normalized spacial score (nSPS) is 36.3. The molecule has 1 saturated heterocycles. The van der Waals surface area contributed by atoms with E-state index in [0.29, 0.717) is 23.0 Å². The zero-order valence-electron chi connectivity index (χ0n) is 16.5. The number of rotatable bonds is 4. The number of anilines is 1. The molecule has 3 aliphatic rings. The lowest BCUT2D eigenvalue weighted by Gasteiger charge is -2.27. The molecule has 0 radical (unpaired) electrons. The third kappa shape index (κ3) is 2.33. The monoisotopic (exact) mass is 423 g/mol. The molecule has 9 nitrogen and oxygen atoms in total. The SMILES string of the molecule is CC1(C)[C@]2(O)[C@@H](CO)O[C@@H](n3cnc4c(NC5CCCCC5)nc(Cl)nc43)[C@]12O. The van der Waals surface area contributed by atoms with Crippen LogP contribution in [0, 0.1) is 5.41 Å². The maximum Gasteiger partial charge on any atom is 0.226 e. The van der Waals surface area contributed by atoms with Gasteiger partial charge >= 0.3 is 0 Å². The molecule has 29 heavy (non-hydrogen) atoms. The summed E-state index contributed by atoms with van der Waals surface area (Å²) < 4.78 is 7.42. The molecule has 0 amide bonds. The van der Waals surface area contributed by atoms with Crippen LogP contribution in [-0.2, 0) is 4.74 Å². The molecule has 2 aromatic rings. The summed E-state index contributed by atoms with van der Waals surface area (Å²) in [5.74, 6) is 0.555. The van der Waals surface area contributed by atoms with Crippen LogP contribution >= 0.6 is 11.6 Å². The van der Waals surface area contributed by atoms with Crippen molar-refractivity contribution in [3.63, 3.8) is 0 Å². The van der Waals surface area contributed by atoms with Gasteiger partial charge in [0.1, 0.15) is 17.3 Å². The Morgan fingerprint density at radius 1 is 1.21 bits per heavy atom. The first kappa shape index (κ1) is 19.4. The van der Waals surface area contributed by atoms with Gasteiger partial charge in [0.05, 0.1) is 12.9 Å². The van der Waals surface area contributed by atoms with Crippen molar-refractivity contribution in [3.05, 3.63) is 11.6 Å². The highest BCUT2D eigenvalue weighted by Crippen LogP contribution is 2.75. The molecule has 0 bridgehead atoms. The van der Waals surface area contributed by atoms with Crippen molar-refractivity contribution < 1.29 is 20.1 Å². The minimum atomic E-state index is -1.59. The number of nitrogens with zero attached hydrogens (tertiary/aromatic N) is 4. The van der Waals surface area contributed by atoms with Gasteiger partial charge in [-0.15, -0.1) is 0 Å². The number of halogens is 1. The summed E-state index contributed by atoms with van der Waals surface area (Å²) in [7, 11) is 0. The number of imidazole rings is 1. The second-order valence-corrected chi connectivity index (χ2v) is 9.30. The maximum atomic E-state index is 11.3. The van der Waals surface area contributed by atoms with E-state index in [2.05, 4.69) is 20.3 Å². The van der Waals surface area contributed by atoms with Gasteiger partial charge in [-0.1, -0.05) is 33.1 Å². The van der Waals surface area contributed by atoms with Crippen molar-refractivity contribution in [2.75, 3.05) is 11.9 Å². The first-order valence-electron chi connectivity index (χ1n) is 10.1. The minimum Gasteiger partial charge on any atom is -0.394 e. The fraction of sp³-hybridized carbons (Fsp3) is 0.737. The average molecular weight is 424 g/mol. The number of aromatic nitrogens is 4. The maximum absolute atomic E-state index is 11.3. The van der Waals surface area contributed by atoms with Crippen LogP contribution in [0.3, 0.4) is 0 Å². The van der Waals surface area contributed by atoms with E-state index >= 15 is 0 Å². The topological polar surface area (TPSA) is 126 Å². The molecule has 0 spiro atoms. The van der Waals surface area contributed by atoms with Crippen molar-refractivity contribution >= 4 is 28.6 Å². The van der Waals surface area contributed by atoms with Crippen molar-refractivity contribution in [2.45, 2.75) is 75.5 Å². The quantitative estimate of drug-likeness (QED) is 0.546. The lowest BCUT2D eigenvalue weighted by Crippen LogP contribution is -2.36. The molecule has 3 fully saturated rings. The fourth-order valence-corrected chi connectivity index (χ4v) is 5.60. The predicted molar refractivity (Wildman–Crippen MR) is 106 cm³/mol. The van der Waals surface area contributed by atoms with Gasteiger partial charge in [0, 0.05) is 11.5 Å². The van der Waals surface area contributed by atoms with Gasteiger partial charge in [-0.05, 0) is 24.4 Å². The highest BCUT2D eigenvalue weighted by Gasteiger charge is 2.92. The van der Waals surface area contributed by atoms with Crippen LogP contribution in [0.4, 0.5) is 5.82 Å². The van der Waals surface area contributed by atoms with Crippen molar-refractivity contribution in [3.8, 4) is 0 Å². The number of aliphatic hydroxyl groups excluding tert-OH is 1. The standard InChI is InChI=1S/C19H26ClN5O4/c1-17(2)18(27)11(8-26)29-15(19(17,18)28)25-9-21-12-13(23-16(20)24-14(12)25)22-10-6-4-3-5-7-10/h9-11,15,26-28H,3-8H2,1-2H3,(H,22,23,24)/t11-,15-,18-,19+/m1/s1. The largest absolute Gasteiger partial charge is 0.394 e. The van der Waals surface area contributed by atoms with E-state index < -0.39 is 35.6 Å². The van der Waals surface area contributed by atoms with E-state index in [9.17, 15) is 15.3 Å². The summed E-state index contributed by atoms with van der Waals surface area (Å²) in [5.41, 5.74) is -3.08. The molecular formula is C19H26ClN5O4. The number of aliphatic hydroxyl groups is 3. The van der Waals surface area contributed by atoms with Crippen molar-refractivity contribution in [1.29, 1.82) is 0 Å². The molecule has 2 aliphatic carbocycles. The third-order valence-corrected chi connectivity index (χ3v) is 7.47. The van der Waals surface area contributed by atoms with Crippen LogP contribution in [0.15, 0.2) is 6.33 Å². The minimum absolute atomic E-state index is 0.0616. The highest BCUT2D eigenvalue weighted by atomic mass is 35.5. The summed E-state index contributed by atoms with van der Waals surface area (Å²) in [6.45, 7) is 3.10. The molecule has 1 aliphatic heterocycles. The Labute approximate surface area is 173 Å². The van der Waals surface area contributed by atoms with Gasteiger partial charge in [0.25, 0.3) is 0 Å². The molecule has 0 aromatic carbocycles. The van der Waals surface area contributed by atoms with Crippen LogP contribution in [0.5, 0.6) is 0 Å². The highest BCUT2D eigenvalue weighted by molar-refractivity contribution is 6.28. The number of ether oxygens (including phenoxy) is 1. The third-order valence-electron chi connectivity index (χ3n) is 7.30. The zero-order chi connectivity index (χ0) is 20.6. The Bertz CT molecular complexity index is 961. The molecule has 5 rings (SSSR count). The summed E-state index contributed by atoms with van der Waals surface area (Å²) in [5, 5.41) is 35.6. The molecule has 158 valence electrons. The van der Waals surface area contributed by atoms with E-state index in [1.54, 1.807) is 18.4 Å². The van der Waals surface area contributed by atoms with Gasteiger partial charge in [-0.2, -0.15) is 9.97 Å². The number of hydrogen-bond donors (Lipinski definition) is 4. The van der Waals surface area contributed by atoms with Crippen LogP contribution in [0.25, 0.3) is 11.2 Å². The van der Waals surface area contributed by atoms with E-state index in [1.807, 2.05) is 0 Å². The Balaban J connectivity index is 1.55. The van der Waals surface area contributed by atoms with E-state index in [0.717, 1.165) is 12.8 Å².